The van der Waals surface area contributed by atoms with Crippen LogP contribution in [0.2, 0.25) is 0 Å². The average Bonchev–Trinajstić information content (AvgIpc) is 3.30. The van der Waals surface area contributed by atoms with Gasteiger partial charge in [-0.05, 0) is 73.7 Å². The van der Waals surface area contributed by atoms with E-state index in [9.17, 15) is 14.4 Å². The first-order valence-corrected chi connectivity index (χ1v) is 9.92. The summed E-state index contributed by atoms with van der Waals surface area (Å²) in [5.74, 6) is -0.674. The monoisotopic (exact) mass is 448 g/mol. The highest BCUT2D eigenvalue weighted by atomic mass is 32.1. The molecule has 2 aromatic carbocycles. The van der Waals surface area contributed by atoms with E-state index in [1.165, 1.54) is 18.4 Å². The fourth-order valence-electron chi connectivity index (χ4n) is 2.61. The highest BCUT2D eigenvalue weighted by Gasteiger charge is 2.09. The number of carbonyl (C=O) groups excluding carboxylic acids is 3. The Bertz CT molecular complexity index is 1160. The van der Waals surface area contributed by atoms with Crippen LogP contribution in [0.5, 0.6) is 0 Å². The topological polar surface area (TPSA) is 112 Å². The van der Waals surface area contributed by atoms with E-state index in [1.807, 2.05) is 19.1 Å². The van der Waals surface area contributed by atoms with Crippen molar-refractivity contribution in [2.75, 3.05) is 5.32 Å². The highest BCUT2D eigenvalue weighted by Crippen LogP contribution is 2.12. The van der Waals surface area contributed by atoms with Gasteiger partial charge >= 0.3 is 0 Å². The van der Waals surface area contributed by atoms with Crippen molar-refractivity contribution in [3.8, 4) is 0 Å². The number of furan rings is 1. The van der Waals surface area contributed by atoms with E-state index in [4.69, 9.17) is 16.6 Å². The molecule has 3 aromatic rings. The molecule has 0 radical (unpaired) electrons. The molecule has 162 valence electrons. The number of rotatable bonds is 5. The number of nitrogens with one attached hydrogen (secondary N) is 4. The van der Waals surface area contributed by atoms with E-state index < -0.39 is 11.8 Å². The number of hydrogen-bond acceptors (Lipinski definition) is 5. The van der Waals surface area contributed by atoms with Crippen molar-refractivity contribution in [1.29, 1.82) is 0 Å². The van der Waals surface area contributed by atoms with Crippen molar-refractivity contribution in [3.05, 3.63) is 95.5 Å². The Labute approximate surface area is 189 Å². The molecule has 0 unspecified atom stereocenters. The summed E-state index contributed by atoms with van der Waals surface area (Å²) < 4.78 is 5.08. The quantitative estimate of drug-likeness (QED) is 0.271. The van der Waals surface area contributed by atoms with Crippen LogP contribution in [0.3, 0.4) is 0 Å². The molecule has 0 saturated heterocycles. The van der Waals surface area contributed by atoms with Gasteiger partial charge in [-0.1, -0.05) is 17.7 Å². The second kappa shape index (κ2) is 10.7. The maximum atomic E-state index is 12.3. The molecule has 1 aromatic heterocycles. The fourth-order valence-corrected chi connectivity index (χ4v) is 2.76. The molecule has 0 aliphatic heterocycles. The van der Waals surface area contributed by atoms with Crippen molar-refractivity contribution in [2.45, 2.75) is 6.92 Å². The molecule has 0 fully saturated rings. The van der Waals surface area contributed by atoms with Crippen LogP contribution >= 0.6 is 12.2 Å². The summed E-state index contributed by atoms with van der Waals surface area (Å²) in [4.78, 5) is 36.3. The van der Waals surface area contributed by atoms with Gasteiger partial charge in [0.1, 0.15) is 5.76 Å². The summed E-state index contributed by atoms with van der Waals surface area (Å²) in [5.41, 5.74) is 7.26. The third-order valence-corrected chi connectivity index (χ3v) is 4.36. The number of hydrogen-bond donors (Lipinski definition) is 4. The molecule has 0 saturated carbocycles. The Kier molecular flexibility index (Phi) is 7.50. The van der Waals surface area contributed by atoms with Crippen molar-refractivity contribution >= 4 is 46.8 Å². The minimum absolute atomic E-state index is 0.0746. The predicted octanol–water partition coefficient (Wildman–Crippen LogP) is 3.19. The highest BCUT2D eigenvalue weighted by molar-refractivity contribution is 7.80. The fraction of sp³-hybridized carbons (Fsp3) is 0.0435. The van der Waals surface area contributed by atoms with E-state index in [-0.39, 0.29) is 11.0 Å². The van der Waals surface area contributed by atoms with E-state index in [0.29, 0.717) is 22.6 Å². The lowest BCUT2D eigenvalue weighted by molar-refractivity contribution is -0.115. The molecular weight excluding hydrogens is 428 g/mol. The summed E-state index contributed by atoms with van der Waals surface area (Å²) >= 11 is 4.97. The van der Waals surface area contributed by atoms with Gasteiger partial charge in [-0.2, -0.15) is 0 Å². The van der Waals surface area contributed by atoms with Crippen LogP contribution in [0.25, 0.3) is 6.08 Å². The first-order chi connectivity index (χ1) is 15.4. The zero-order valence-corrected chi connectivity index (χ0v) is 17.9. The largest absolute Gasteiger partial charge is 0.465 e. The number of amides is 3. The molecule has 3 amide bonds. The van der Waals surface area contributed by atoms with Gasteiger partial charge in [0.2, 0.25) is 5.91 Å². The summed E-state index contributed by atoms with van der Waals surface area (Å²) in [7, 11) is 0. The van der Waals surface area contributed by atoms with Crippen LogP contribution in [0.15, 0.2) is 77.4 Å². The van der Waals surface area contributed by atoms with Crippen molar-refractivity contribution in [1.82, 2.24) is 16.2 Å². The van der Waals surface area contributed by atoms with Crippen LogP contribution in [0.1, 0.15) is 32.0 Å². The van der Waals surface area contributed by atoms with Crippen molar-refractivity contribution in [3.63, 3.8) is 0 Å². The van der Waals surface area contributed by atoms with Crippen LogP contribution in [0, 0.1) is 6.92 Å². The smallest absolute Gasteiger partial charge is 0.269 e. The summed E-state index contributed by atoms with van der Waals surface area (Å²) in [6.07, 6.45) is 4.22. The summed E-state index contributed by atoms with van der Waals surface area (Å²) in [5, 5.41) is 5.09. The van der Waals surface area contributed by atoms with E-state index in [2.05, 4.69) is 21.5 Å². The van der Waals surface area contributed by atoms with Crippen molar-refractivity contribution < 1.29 is 18.8 Å². The van der Waals surface area contributed by atoms with Crippen molar-refractivity contribution in [2.24, 2.45) is 0 Å². The molecule has 0 spiro atoms. The van der Waals surface area contributed by atoms with Gasteiger partial charge in [0, 0.05) is 22.9 Å². The Morgan fingerprint density at radius 2 is 1.69 bits per heavy atom. The van der Waals surface area contributed by atoms with Gasteiger partial charge < -0.3 is 9.73 Å². The number of aryl methyl sites for hydroxylation is 1. The number of benzene rings is 2. The molecule has 4 N–H and O–H groups in total. The van der Waals surface area contributed by atoms with E-state index in [1.54, 1.807) is 48.5 Å². The first-order valence-electron chi connectivity index (χ1n) is 9.52. The minimum Gasteiger partial charge on any atom is -0.465 e. The molecule has 8 nitrogen and oxygen atoms in total. The molecule has 3 rings (SSSR count). The predicted molar refractivity (Wildman–Crippen MR) is 125 cm³/mol. The molecule has 1 heterocycles. The second-order valence-electron chi connectivity index (χ2n) is 6.65. The van der Waals surface area contributed by atoms with Gasteiger partial charge in [-0.15, -0.1) is 0 Å². The second-order valence-corrected chi connectivity index (χ2v) is 7.06. The minimum atomic E-state index is -0.484. The number of carbonyl (C=O) groups is 3. The summed E-state index contributed by atoms with van der Waals surface area (Å²) in [6, 6.07) is 17.0. The standard InChI is InChI=1S/C23H20N4O4S/c1-15-4-2-5-17(14-15)21(29)24-18-9-7-16(8-10-18)22(30)26-27-23(32)25-20(28)12-11-19-6-3-13-31-19/h2-14H,1H3,(H,24,29)(H,26,30)(H2,25,27,28,32). The van der Waals surface area contributed by atoms with Gasteiger partial charge in [0.05, 0.1) is 6.26 Å². The van der Waals surface area contributed by atoms with E-state index >= 15 is 0 Å². The molecule has 0 atom stereocenters. The number of anilines is 1. The number of hydrazine groups is 1. The normalized spacial score (nSPS) is 10.4. The van der Waals surface area contributed by atoms with E-state index in [0.717, 1.165) is 5.56 Å². The molecular formula is C23H20N4O4S. The van der Waals surface area contributed by atoms with Gasteiger partial charge in [-0.25, -0.2) is 0 Å². The average molecular weight is 449 g/mol. The Morgan fingerprint density at radius 1 is 0.906 bits per heavy atom. The molecule has 9 heteroatoms. The Hall–Kier alpha value is -4.24. The summed E-state index contributed by atoms with van der Waals surface area (Å²) in [6.45, 7) is 1.91. The molecule has 0 aliphatic carbocycles. The van der Waals surface area contributed by atoms with Crippen LogP contribution < -0.4 is 21.5 Å². The van der Waals surface area contributed by atoms with Gasteiger partial charge in [0.15, 0.2) is 5.11 Å². The maximum Gasteiger partial charge on any atom is 0.269 e. The molecule has 0 bridgehead atoms. The SMILES string of the molecule is Cc1cccc(C(=O)Nc2ccc(C(=O)NNC(=S)NC(=O)C=Cc3ccco3)cc2)c1. The lowest BCUT2D eigenvalue weighted by Gasteiger charge is -2.10. The molecule has 0 aliphatic rings. The zero-order valence-electron chi connectivity index (χ0n) is 17.0. The maximum absolute atomic E-state index is 12.3. The third-order valence-electron chi connectivity index (χ3n) is 4.15. The zero-order chi connectivity index (χ0) is 22.9. The number of thiocarbonyl (C=S) groups is 1. The van der Waals surface area contributed by atoms with Crippen LogP contribution in [-0.2, 0) is 4.79 Å². The van der Waals surface area contributed by atoms with Gasteiger partial charge in [-0.3, -0.25) is 30.6 Å². The lowest BCUT2D eigenvalue weighted by atomic mass is 10.1. The first kappa shape index (κ1) is 22.4. The van der Waals surface area contributed by atoms with Crippen LogP contribution in [0.4, 0.5) is 5.69 Å². The van der Waals surface area contributed by atoms with Gasteiger partial charge in [0.25, 0.3) is 11.8 Å². The lowest BCUT2D eigenvalue weighted by Crippen LogP contribution is -2.48. The third kappa shape index (κ3) is 6.64. The Morgan fingerprint density at radius 3 is 2.38 bits per heavy atom. The molecule has 32 heavy (non-hydrogen) atoms. The van der Waals surface area contributed by atoms with Crippen LogP contribution in [-0.4, -0.2) is 22.8 Å². The Balaban J connectivity index is 1.46.